The lowest BCUT2D eigenvalue weighted by Gasteiger charge is -2.32. The van der Waals surface area contributed by atoms with E-state index in [0.29, 0.717) is 12.8 Å². The fourth-order valence-corrected chi connectivity index (χ4v) is 3.00. The molecule has 5 heteroatoms. The largest absolute Gasteiger partial charge is 0.481 e. The lowest BCUT2D eigenvalue weighted by molar-refractivity contribution is -0.142. The van der Waals surface area contributed by atoms with Crippen molar-refractivity contribution in [2.24, 2.45) is 5.92 Å². The third kappa shape index (κ3) is 2.51. The molecule has 1 aliphatic rings. The molecule has 0 saturated carbocycles. The highest BCUT2D eigenvalue weighted by atomic mass is 16.4. The summed E-state index contributed by atoms with van der Waals surface area (Å²) in [7, 11) is 1.90. The zero-order valence-corrected chi connectivity index (χ0v) is 12.0. The molecule has 1 fully saturated rings. The van der Waals surface area contributed by atoms with E-state index in [0.717, 1.165) is 35.4 Å². The van der Waals surface area contributed by atoms with Crippen molar-refractivity contribution in [3.05, 3.63) is 30.5 Å². The van der Waals surface area contributed by atoms with E-state index in [1.165, 1.54) is 0 Å². The molecule has 0 aliphatic carbocycles. The summed E-state index contributed by atoms with van der Waals surface area (Å²) in [5, 5.41) is 14.6. The van der Waals surface area contributed by atoms with Crippen LogP contribution in [0.2, 0.25) is 0 Å². The first kappa shape index (κ1) is 13.7. The maximum Gasteiger partial charge on any atom is 0.306 e. The third-order valence-electron chi connectivity index (χ3n) is 4.18. The zero-order valence-electron chi connectivity index (χ0n) is 12.0. The van der Waals surface area contributed by atoms with Crippen molar-refractivity contribution in [3.63, 3.8) is 0 Å². The molecule has 0 unspecified atom stereocenters. The molecule has 21 heavy (non-hydrogen) atoms. The first-order chi connectivity index (χ1) is 10.2. The number of hydrogen-bond acceptors (Lipinski definition) is 4. The Morgan fingerprint density at radius 2 is 2.10 bits per heavy atom. The van der Waals surface area contributed by atoms with Gasteiger partial charge >= 0.3 is 5.97 Å². The zero-order chi connectivity index (χ0) is 14.8. The highest BCUT2D eigenvalue weighted by molar-refractivity contribution is 6.01. The Hall–Kier alpha value is -2.30. The summed E-state index contributed by atoms with van der Waals surface area (Å²) in [5.41, 5.74) is 1.05. The fourth-order valence-electron chi connectivity index (χ4n) is 3.00. The van der Waals surface area contributed by atoms with Crippen molar-refractivity contribution in [2.45, 2.75) is 12.8 Å². The number of hydrogen-bond donors (Lipinski definition) is 2. The van der Waals surface area contributed by atoms with Gasteiger partial charge in [-0.1, -0.05) is 12.1 Å². The number of nitrogens with one attached hydrogen (secondary N) is 1. The number of fused-ring (bicyclic) bond motifs is 1. The summed E-state index contributed by atoms with van der Waals surface area (Å²) in [4.78, 5) is 17.8. The van der Waals surface area contributed by atoms with Gasteiger partial charge in [-0.3, -0.25) is 4.79 Å². The van der Waals surface area contributed by atoms with Gasteiger partial charge in [-0.25, -0.2) is 4.98 Å². The number of aromatic nitrogens is 1. The van der Waals surface area contributed by atoms with Gasteiger partial charge in [-0.15, -0.1) is 0 Å². The van der Waals surface area contributed by atoms with E-state index in [9.17, 15) is 4.79 Å². The number of carbonyl (C=O) groups is 1. The standard InChI is InChI=1S/C16H19N3O2/c1-17-13-4-2-3-11-5-8-18-15(14(11)13)19-9-6-12(7-10-19)16(20)21/h2-5,8,12,17H,6-7,9-10H2,1H3,(H,20,21). The number of pyridine rings is 1. The third-order valence-corrected chi connectivity index (χ3v) is 4.18. The van der Waals surface area contributed by atoms with Crippen LogP contribution in [0.15, 0.2) is 30.5 Å². The normalized spacial score (nSPS) is 16.1. The van der Waals surface area contributed by atoms with E-state index < -0.39 is 5.97 Å². The summed E-state index contributed by atoms with van der Waals surface area (Å²) in [6.45, 7) is 1.47. The maximum atomic E-state index is 11.1. The van der Waals surface area contributed by atoms with Gasteiger partial charge in [0.2, 0.25) is 0 Å². The van der Waals surface area contributed by atoms with Crippen LogP contribution < -0.4 is 10.2 Å². The molecule has 0 bridgehead atoms. The molecule has 1 aliphatic heterocycles. The van der Waals surface area contributed by atoms with Crippen molar-refractivity contribution in [2.75, 3.05) is 30.4 Å². The van der Waals surface area contributed by atoms with Gasteiger partial charge in [0.15, 0.2) is 0 Å². The van der Waals surface area contributed by atoms with Crippen LogP contribution in [0.4, 0.5) is 11.5 Å². The van der Waals surface area contributed by atoms with Crippen molar-refractivity contribution in [1.29, 1.82) is 0 Å². The highest BCUT2D eigenvalue weighted by Crippen LogP contribution is 2.33. The van der Waals surface area contributed by atoms with Gasteiger partial charge < -0.3 is 15.3 Å². The number of anilines is 2. The summed E-state index contributed by atoms with van der Waals surface area (Å²) in [6.07, 6.45) is 3.17. The smallest absolute Gasteiger partial charge is 0.306 e. The molecule has 2 heterocycles. The molecule has 3 rings (SSSR count). The number of rotatable bonds is 3. The van der Waals surface area contributed by atoms with Crippen molar-refractivity contribution in [3.8, 4) is 0 Å². The molecular formula is C16H19N3O2. The number of piperidine rings is 1. The number of aliphatic carboxylic acids is 1. The summed E-state index contributed by atoms with van der Waals surface area (Å²) < 4.78 is 0. The van der Waals surface area contributed by atoms with Gasteiger partial charge in [0.1, 0.15) is 5.82 Å². The Kier molecular flexibility index (Phi) is 3.64. The Bertz CT molecular complexity index is 658. The molecule has 0 amide bonds. The van der Waals surface area contributed by atoms with Crippen LogP contribution in [0.5, 0.6) is 0 Å². The number of nitrogens with zero attached hydrogens (tertiary/aromatic N) is 2. The lowest BCUT2D eigenvalue weighted by Crippen LogP contribution is -2.36. The van der Waals surface area contributed by atoms with Crippen molar-refractivity contribution in [1.82, 2.24) is 4.98 Å². The van der Waals surface area contributed by atoms with Gasteiger partial charge in [0, 0.05) is 37.4 Å². The summed E-state index contributed by atoms with van der Waals surface area (Å²) >= 11 is 0. The summed E-state index contributed by atoms with van der Waals surface area (Å²) in [6, 6.07) is 8.14. The van der Waals surface area contributed by atoms with E-state index in [-0.39, 0.29) is 5.92 Å². The van der Waals surface area contributed by atoms with Gasteiger partial charge in [-0.2, -0.15) is 0 Å². The topological polar surface area (TPSA) is 65.5 Å². The molecule has 110 valence electrons. The second kappa shape index (κ2) is 5.60. The Morgan fingerprint density at radius 3 is 2.76 bits per heavy atom. The van der Waals surface area contributed by atoms with E-state index in [1.54, 1.807) is 0 Å². The van der Waals surface area contributed by atoms with Crippen LogP contribution in [-0.4, -0.2) is 36.2 Å². The molecule has 5 nitrogen and oxygen atoms in total. The molecule has 1 aromatic heterocycles. The fraction of sp³-hybridized carbons (Fsp3) is 0.375. The molecule has 1 saturated heterocycles. The first-order valence-corrected chi connectivity index (χ1v) is 7.24. The molecule has 2 aromatic rings. The predicted molar refractivity (Wildman–Crippen MR) is 83.9 cm³/mol. The SMILES string of the molecule is CNc1cccc2ccnc(N3CCC(C(=O)O)CC3)c12. The van der Waals surface area contributed by atoms with Gasteiger partial charge in [0.05, 0.1) is 5.92 Å². The minimum atomic E-state index is -0.684. The highest BCUT2D eigenvalue weighted by Gasteiger charge is 2.26. The van der Waals surface area contributed by atoms with E-state index in [1.807, 2.05) is 31.4 Å². The monoisotopic (exact) mass is 285 g/mol. The Balaban J connectivity index is 1.96. The van der Waals surface area contributed by atoms with Crippen LogP contribution in [0.3, 0.4) is 0 Å². The van der Waals surface area contributed by atoms with E-state index in [4.69, 9.17) is 5.11 Å². The quantitative estimate of drug-likeness (QED) is 0.907. The lowest BCUT2D eigenvalue weighted by atomic mass is 9.96. The average Bonchev–Trinajstić information content (AvgIpc) is 2.53. The molecule has 0 radical (unpaired) electrons. The van der Waals surface area contributed by atoms with Gasteiger partial charge in [-0.05, 0) is 30.4 Å². The van der Waals surface area contributed by atoms with E-state index in [2.05, 4.69) is 21.3 Å². The average molecular weight is 285 g/mol. The van der Waals surface area contributed by atoms with Crippen molar-refractivity contribution < 1.29 is 9.90 Å². The maximum absolute atomic E-state index is 11.1. The molecule has 2 N–H and O–H groups in total. The van der Waals surface area contributed by atoms with Crippen LogP contribution in [0, 0.1) is 5.92 Å². The minimum Gasteiger partial charge on any atom is -0.481 e. The van der Waals surface area contributed by atoms with E-state index >= 15 is 0 Å². The molecule has 0 spiro atoms. The predicted octanol–water partition coefficient (Wildman–Crippen LogP) is 2.58. The molecular weight excluding hydrogens is 266 g/mol. The second-order valence-electron chi connectivity index (χ2n) is 5.39. The summed E-state index contributed by atoms with van der Waals surface area (Å²) in [5.74, 6) is 0.0396. The minimum absolute atomic E-state index is 0.222. The number of carboxylic acid groups (broad SMARTS) is 1. The number of benzene rings is 1. The Morgan fingerprint density at radius 1 is 1.33 bits per heavy atom. The van der Waals surface area contributed by atoms with Gasteiger partial charge in [0.25, 0.3) is 0 Å². The first-order valence-electron chi connectivity index (χ1n) is 7.24. The Labute approximate surface area is 123 Å². The van der Waals surface area contributed by atoms with Crippen LogP contribution in [0.25, 0.3) is 10.8 Å². The molecule has 0 atom stereocenters. The van der Waals surface area contributed by atoms with Crippen LogP contribution >= 0.6 is 0 Å². The molecule has 1 aromatic carbocycles. The van der Waals surface area contributed by atoms with Crippen LogP contribution in [0.1, 0.15) is 12.8 Å². The van der Waals surface area contributed by atoms with Crippen LogP contribution in [-0.2, 0) is 4.79 Å². The number of carboxylic acids is 1. The second-order valence-corrected chi connectivity index (χ2v) is 5.39. The van der Waals surface area contributed by atoms with Crippen molar-refractivity contribution >= 4 is 28.2 Å².